The SMILES string of the molecule is CCOC(=O)c1ccc(N2C(=O)C3C4CCC(C4)C3C2=O)cc1. The molecule has 2 aliphatic carbocycles. The highest BCUT2D eigenvalue weighted by Crippen LogP contribution is 2.56. The molecular formula is C18H19NO4. The van der Waals surface area contributed by atoms with Gasteiger partial charge in [0, 0.05) is 0 Å². The molecular weight excluding hydrogens is 294 g/mol. The van der Waals surface area contributed by atoms with Gasteiger partial charge in [0.2, 0.25) is 11.8 Å². The molecule has 2 amide bonds. The highest BCUT2D eigenvalue weighted by atomic mass is 16.5. The van der Waals surface area contributed by atoms with E-state index in [2.05, 4.69) is 0 Å². The van der Waals surface area contributed by atoms with Crippen LogP contribution in [0.25, 0.3) is 0 Å². The summed E-state index contributed by atoms with van der Waals surface area (Å²) in [5.74, 6) is 0.00712. The second kappa shape index (κ2) is 5.18. The Labute approximate surface area is 134 Å². The molecule has 1 saturated heterocycles. The van der Waals surface area contributed by atoms with Crippen molar-refractivity contribution in [3.63, 3.8) is 0 Å². The van der Waals surface area contributed by atoms with E-state index < -0.39 is 5.97 Å². The fourth-order valence-corrected chi connectivity index (χ4v) is 4.62. The summed E-state index contributed by atoms with van der Waals surface area (Å²) in [6.07, 6.45) is 3.17. The van der Waals surface area contributed by atoms with E-state index in [9.17, 15) is 14.4 Å². The number of hydrogen-bond donors (Lipinski definition) is 0. The first-order chi connectivity index (χ1) is 11.1. The van der Waals surface area contributed by atoms with Gasteiger partial charge in [-0.25, -0.2) is 4.79 Å². The van der Waals surface area contributed by atoms with Gasteiger partial charge in [-0.15, -0.1) is 0 Å². The molecule has 3 fully saturated rings. The van der Waals surface area contributed by atoms with Crippen LogP contribution in [0.15, 0.2) is 24.3 Å². The van der Waals surface area contributed by atoms with E-state index >= 15 is 0 Å². The zero-order valence-electron chi connectivity index (χ0n) is 13.0. The van der Waals surface area contributed by atoms with Crippen molar-refractivity contribution in [2.24, 2.45) is 23.7 Å². The molecule has 5 nitrogen and oxygen atoms in total. The van der Waals surface area contributed by atoms with Crippen molar-refractivity contribution >= 4 is 23.5 Å². The molecule has 0 N–H and O–H groups in total. The largest absolute Gasteiger partial charge is 0.462 e. The summed E-state index contributed by atoms with van der Waals surface area (Å²) in [4.78, 5) is 38.5. The second-order valence-corrected chi connectivity index (χ2v) is 6.66. The van der Waals surface area contributed by atoms with Gasteiger partial charge < -0.3 is 4.74 Å². The predicted octanol–water partition coefficient (Wildman–Crippen LogP) is 2.40. The highest BCUT2D eigenvalue weighted by molar-refractivity contribution is 6.22. The lowest BCUT2D eigenvalue weighted by Gasteiger charge is -2.19. The Balaban J connectivity index is 1.60. The van der Waals surface area contributed by atoms with Gasteiger partial charge in [-0.3, -0.25) is 14.5 Å². The van der Waals surface area contributed by atoms with E-state index in [-0.39, 0.29) is 23.7 Å². The molecule has 4 atom stereocenters. The maximum absolute atomic E-state index is 12.7. The van der Waals surface area contributed by atoms with Crippen molar-refractivity contribution in [2.75, 3.05) is 11.5 Å². The molecule has 1 aliphatic heterocycles. The monoisotopic (exact) mass is 313 g/mol. The summed E-state index contributed by atoms with van der Waals surface area (Å²) < 4.78 is 4.95. The summed E-state index contributed by atoms with van der Waals surface area (Å²) in [5.41, 5.74) is 0.983. The van der Waals surface area contributed by atoms with Gasteiger partial charge in [0.25, 0.3) is 0 Å². The second-order valence-electron chi connectivity index (χ2n) is 6.66. The number of esters is 1. The van der Waals surface area contributed by atoms with Crippen LogP contribution in [0.1, 0.15) is 36.5 Å². The van der Waals surface area contributed by atoms with Gasteiger partial charge in [-0.2, -0.15) is 0 Å². The van der Waals surface area contributed by atoms with Crippen molar-refractivity contribution in [2.45, 2.75) is 26.2 Å². The molecule has 3 aliphatic rings. The zero-order chi connectivity index (χ0) is 16.1. The molecule has 4 rings (SSSR count). The van der Waals surface area contributed by atoms with Gasteiger partial charge >= 0.3 is 5.97 Å². The Hall–Kier alpha value is -2.17. The van der Waals surface area contributed by atoms with Crippen molar-refractivity contribution in [3.05, 3.63) is 29.8 Å². The molecule has 23 heavy (non-hydrogen) atoms. The molecule has 4 unspecified atom stereocenters. The molecule has 1 heterocycles. The first kappa shape index (κ1) is 14.4. The van der Waals surface area contributed by atoms with Crippen LogP contribution in [0.3, 0.4) is 0 Å². The number of imide groups is 1. The third-order valence-corrected chi connectivity index (χ3v) is 5.56. The number of hydrogen-bond acceptors (Lipinski definition) is 4. The van der Waals surface area contributed by atoms with Crippen LogP contribution >= 0.6 is 0 Å². The first-order valence-corrected chi connectivity index (χ1v) is 8.26. The van der Waals surface area contributed by atoms with E-state index in [1.54, 1.807) is 31.2 Å². The molecule has 1 aromatic rings. The molecule has 0 aromatic heterocycles. The normalized spacial score (nSPS) is 31.6. The number of amides is 2. The van der Waals surface area contributed by atoms with Crippen LogP contribution in [0.2, 0.25) is 0 Å². The lowest BCUT2D eigenvalue weighted by Crippen LogP contribution is -2.32. The molecule has 1 aromatic carbocycles. The number of carbonyl (C=O) groups excluding carboxylic acids is 3. The minimum Gasteiger partial charge on any atom is -0.462 e. The summed E-state index contributed by atoms with van der Waals surface area (Å²) in [6.45, 7) is 2.07. The molecule has 2 bridgehead atoms. The number of ether oxygens (including phenoxy) is 1. The third-order valence-electron chi connectivity index (χ3n) is 5.56. The van der Waals surface area contributed by atoms with Crippen molar-refractivity contribution in [3.8, 4) is 0 Å². The predicted molar refractivity (Wildman–Crippen MR) is 82.7 cm³/mol. The average Bonchev–Trinajstić information content (AvgIpc) is 3.22. The van der Waals surface area contributed by atoms with Gasteiger partial charge in [0.05, 0.1) is 29.7 Å². The number of fused-ring (bicyclic) bond motifs is 5. The number of anilines is 1. The van der Waals surface area contributed by atoms with E-state index in [1.807, 2.05) is 0 Å². The van der Waals surface area contributed by atoms with Crippen LogP contribution in [0.5, 0.6) is 0 Å². The fraction of sp³-hybridized carbons (Fsp3) is 0.500. The standard InChI is InChI=1S/C18H19NO4/c1-2-23-18(22)10-5-7-13(8-6-10)19-16(20)14-11-3-4-12(9-11)15(14)17(19)21/h5-8,11-12,14-15H,2-4,9H2,1H3. The Kier molecular flexibility index (Phi) is 3.25. The van der Waals surface area contributed by atoms with Crippen LogP contribution in [-0.2, 0) is 14.3 Å². The molecule has 0 spiro atoms. The summed E-state index contributed by atoms with van der Waals surface area (Å²) >= 11 is 0. The average molecular weight is 313 g/mol. The van der Waals surface area contributed by atoms with E-state index in [4.69, 9.17) is 4.74 Å². The van der Waals surface area contributed by atoms with Crippen molar-refractivity contribution < 1.29 is 19.1 Å². The minimum atomic E-state index is -0.395. The summed E-state index contributed by atoms with van der Waals surface area (Å²) in [5, 5.41) is 0. The molecule has 5 heteroatoms. The van der Waals surface area contributed by atoms with E-state index in [0.717, 1.165) is 19.3 Å². The Morgan fingerprint density at radius 3 is 2.17 bits per heavy atom. The lowest BCUT2D eigenvalue weighted by atomic mass is 9.81. The quantitative estimate of drug-likeness (QED) is 0.635. The summed E-state index contributed by atoms with van der Waals surface area (Å²) in [7, 11) is 0. The van der Waals surface area contributed by atoms with E-state index in [0.29, 0.717) is 29.7 Å². The lowest BCUT2D eigenvalue weighted by molar-refractivity contribution is -0.123. The molecule has 0 radical (unpaired) electrons. The van der Waals surface area contributed by atoms with Crippen LogP contribution in [0.4, 0.5) is 5.69 Å². The van der Waals surface area contributed by atoms with E-state index in [1.165, 1.54) is 4.90 Å². The number of nitrogens with zero attached hydrogens (tertiary/aromatic N) is 1. The maximum atomic E-state index is 12.7. The van der Waals surface area contributed by atoms with Gasteiger partial charge in [-0.1, -0.05) is 0 Å². The van der Waals surface area contributed by atoms with Crippen LogP contribution in [-0.4, -0.2) is 24.4 Å². The molecule has 2 saturated carbocycles. The highest BCUT2D eigenvalue weighted by Gasteiger charge is 2.61. The Bertz CT molecular complexity index is 653. The van der Waals surface area contributed by atoms with Gasteiger partial charge in [0.15, 0.2) is 0 Å². The fourth-order valence-electron chi connectivity index (χ4n) is 4.62. The minimum absolute atomic E-state index is 0.0592. The Morgan fingerprint density at radius 1 is 1.09 bits per heavy atom. The zero-order valence-corrected chi connectivity index (χ0v) is 13.0. The van der Waals surface area contributed by atoms with Crippen molar-refractivity contribution in [1.29, 1.82) is 0 Å². The van der Waals surface area contributed by atoms with Crippen molar-refractivity contribution in [1.82, 2.24) is 0 Å². The number of carbonyl (C=O) groups is 3. The smallest absolute Gasteiger partial charge is 0.338 e. The Morgan fingerprint density at radius 2 is 1.65 bits per heavy atom. The van der Waals surface area contributed by atoms with Crippen LogP contribution < -0.4 is 4.90 Å². The summed E-state index contributed by atoms with van der Waals surface area (Å²) in [6, 6.07) is 6.53. The molecule has 120 valence electrons. The number of benzene rings is 1. The van der Waals surface area contributed by atoms with Gasteiger partial charge in [0.1, 0.15) is 0 Å². The third kappa shape index (κ3) is 2.02. The topological polar surface area (TPSA) is 63.7 Å². The maximum Gasteiger partial charge on any atom is 0.338 e. The van der Waals surface area contributed by atoms with Gasteiger partial charge in [-0.05, 0) is 62.3 Å². The first-order valence-electron chi connectivity index (χ1n) is 8.26. The number of rotatable bonds is 3. The van der Waals surface area contributed by atoms with Crippen LogP contribution in [0, 0.1) is 23.7 Å².